The molecule has 1 atom stereocenters. The monoisotopic (exact) mass is 1060 g/mol. The van der Waals surface area contributed by atoms with Crippen molar-refractivity contribution in [2.24, 2.45) is 0 Å². The van der Waals surface area contributed by atoms with E-state index in [0.29, 0.717) is 19.3 Å². The molecule has 0 aliphatic heterocycles. The Hall–Kier alpha value is -2.63. The summed E-state index contributed by atoms with van der Waals surface area (Å²) in [7, 11) is 0. The summed E-state index contributed by atoms with van der Waals surface area (Å²) in [5, 5.41) is 0. The van der Waals surface area contributed by atoms with Crippen LogP contribution in [-0.4, -0.2) is 37.2 Å². The number of allylic oxidation sites excluding steroid dienone is 8. The molecule has 6 heteroatoms. The molecule has 6 nitrogen and oxygen atoms in total. The Morgan fingerprint density at radius 2 is 0.513 bits per heavy atom. The van der Waals surface area contributed by atoms with Crippen molar-refractivity contribution in [3.63, 3.8) is 0 Å². The van der Waals surface area contributed by atoms with Gasteiger partial charge in [-0.3, -0.25) is 14.4 Å². The van der Waals surface area contributed by atoms with Gasteiger partial charge in [0.1, 0.15) is 13.2 Å². The standard InChI is InChI=1S/C70H128O6/c1-4-7-10-13-16-19-22-25-28-29-30-31-32-33-34-35-36-37-38-39-40-43-45-48-51-54-57-60-63-69(72)75-66-67(76-70(73)64-61-58-55-52-49-46-42-27-24-21-18-15-12-9-6-3)65-74-68(71)62-59-56-53-50-47-44-41-26-23-20-17-14-11-8-5-2/h9,12,18,21,26-27,41-42,67H,4-8,10-11,13-17,19-20,22-25,28-40,43-66H2,1-3H3/b12-9-,21-18-,41-26-,42-27-. The normalized spacial score (nSPS) is 12.3. The van der Waals surface area contributed by atoms with Crippen LogP contribution >= 0.6 is 0 Å². The molecule has 0 rings (SSSR count). The van der Waals surface area contributed by atoms with Crippen molar-refractivity contribution in [1.29, 1.82) is 0 Å². The average molecular weight is 1070 g/mol. The fourth-order valence-electron chi connectivity index (χ4n) is 10.0. The maximum absolute atomic E-state index is 12.9. The van der Waals surface area contributed by atoms with Crippen LogP contribution in [-0.2, 0) is 28.6 Å². The highest BCUT2D eigenvalue weighted by Gasteiger charge is 2.19. The number of ether oxygens (including phenoxy) is 3. The second-order valence-corrected chi connectivity index (χ2v) is 22.7. The minimum atomic E-state index is -0.785. The zero-order chi connectivity index (χ0) is 55.0. The summed E-state index contributed by atoms with van der Waals surface area (Å²) in [5.74, 6) is -0.884. The highest BCUT2D eigenvalue weighted by molar-refractivity contribution is 5.71. The number of esters is 3. The van der Waals surface area contributed by atoms with Crippen molar-refractivity contribution in [3.05, 3.63) is 48.6 Å². The van der Waals surface area contributed by atoms with Crippen LogP contribution in [0.2, 0.25) is 0 Å². The van der Waals surface area contributed by atoms with Crippen LogP contribution in [0.15, 0.2) is 48.6 Å². The molecule has 0 heterocycles. The molecule has 0 aromatic heterocycles. The first-order valence-corrected chi connectivity index (χ1v) is 33.6. The van der Waals surface area contributed by atoms with Crippen LogP contribution in [0.3, 0.4) is 0 Å². The van der Waals surface area contributed by atoms with Crippen molar-refractivity contribution < 1.29 is 28.6 Å². The van der Waals surface area contributed by atoms with Gasteiger partial charge in [-0.1, -0.05) is 313 Å². The van der Waals surface area contributed by atoms with Gasteiger partial charge in [0.25, 0.3) is 0 Å². The predicted molar refractivity (Wildman–Crippen MR) is 330 cm³/mol. The first-order chi connectivity index (χ1) is 37.5. The Morgan fingerprint density at radius 3 is 0.816 bits per heavy atom. The molecule has 76 heavy (non-hydrogen) atoms. The Balaban J connectivity index is 4.20. The smallest absolute Gasteiger partial charge is 0.306 e. The summed E-state index contributed by atoms with van der Waals surface area (Å²) in [5.41, 5.74) is 0. The molecule has 0 spiro atoms. The van der Waals surface area contributed by atoms with Crippen LogP contribution in [0.4, 0.5) is 0 Å². The molecule has 0 aromatic carbocycles. The van der Waals surface area contributed by atoms with Gasteiger partial charge in [-0.25, -0.2) is 0 Å². The molecular weight excluding hydrogens is 937 g/mol. The van der Waals surface area contributed by atoms with E-state index < -0.39 is 6.10 Å². The van der Waals surface area contributed by atoms with Crippen molar-refractivity contribution >= 4 is 17.9 Å². The van der Waals surface area contributed by atoms with E-state index in [1.807, 2.05) is 0 Å². The van der Waals surface area contributed by atoms with Gasteiger partial charge in [-0.2, -0.15) is 0 Å². The van der Waals surface area contributed by atoms with E-state index in [0.717, 1.165) is 103 Å². The Bertz CT molecular complexity index is 1310. The van der Waals surface area contributed by atoms with Crippen LogP contribution in [0, 0.1) is 0 Å². The Kier molecular flexibility index (Phi) is 62.6. The number of hydrogen-bond donors (Lipinski definition) is 0. The molecule has 0 aliphatic rings. The zero-order valence-electron chi connectivity index (χ0n) is 51.0. The maximum atomic E-state index is 12.9. The summed E-state index contributed by atoms with van der Waals surface area (Å²) < 4.78 is 16.9. The van der Waals surface area contributed by atoms with Crippen molar-refractivity contribution in [2.75, 3.05) is 13.2 Å². The third kappa shape index (κ3) is 62.2. The second-order valence-electron chi connectivity index (χ2n) is 22.7. The molecular formula is C70H128O6. The summed E-state index contributed by atoms with van der Waals surface area (Å²) in [6.45, 7) is 6.56. The highest BCUT2D eigenvalue weighted by Crippen LogP contribution is 2.18. The summed E-state index contributed by atoms with van der Waals surface area (Å²) in [6.07, 6.45) is 81.4. The molecule has 0 aromatic rings. The van der Waals surface area contributed by atoms with E-state index in [9.17, 15) is 14.4 Å². The van der Waals surface area contributed by atoms with Gasteiger partial charge in [-0.15, -0.1) is 0 Å². The number of hydrogen-bond acceptors (Lipinski definition) is 6. The fraction of sp³-hybridized carbons (Fsp3) is 0.843. The van der Waals surface area contributed by atoms with Gasteiger partial charge in [0, 0.05) is 19.3 Å². The van der Waals surface area contributed by atoms with E-state index in [2.05, 4.69) is 69.4 Å². The van der Waals surface area contributed by atoms with Crippen LogP contribution in [0.5, 0.6) is 0 Å². The van der Waals surface area contributed by atoms with Gasteiger partial charge >= 0.3 is 17.9 Å². The van der Waals surface area contributed by atoms with E-state index in [1.165, 1.54) is 218 Å². The van der Waals surface area contributed by atoms with E-state index in [-0.39, 0.29) is 31.1 Å². The molecule has 0 N–H and O–H groups in total. The summed E-state index contributed by atoms with van der Waals surface area (Å²) >= 11 is 0. The SMILES string of the molecule is CC/C=C\C/C=C\C/C=C\CCCCCCCC(=O)OC(COC(=O)CCCCCCC/C=C\CCCCCCCC)COC(=O)CCCCCCCCCCCCCCCCCCCCCCCCCCCCCC. The molecule has 0 radical (unpaired) electrons. The second kappa shape index (κ2) is 64.9. The molecule has 0 saturated carbocycles. The van der Waals surface area contributed by atoms with Gasteiger partial charge in [0.2, 0.25) is 0 Å². The fourth-order valence-corrected chi connectivity index (χ4v) is 10.0. The third-order valence-corrected chi connectivity index (χ3v) is 15.1. The van der Waals surface area contributed by atoms with Crippen molar-refractivity contribution in [1.82, 2.24) is 0 Å². The minimum absolute atomic E-state index is 0.0794. The van der Waals surface area contributed by atoms with Crippen LogP contribution in [0.25, 0.3) is 0 Å². The molecule has 444 valence electrons. The summed E-state index contributed by atoms with van der Waals surface area (Å²) in [6, 6.07) is 0. The highest BCUT2D eigenvalue weighted by atomic mass is 16.6. The lowest BCUT2D eigenvalue weighted by Gasteiger charge is -2.18. The molecule has 0 amide bonds. The molecule has 0 saturated heterocycles. The lowest BCUT2D eigenvalue weighted by molar-refractivity contribution is -0.167. The maximum Gasteiger partial charge on any atom is 0.306 e. The molecule has 0 aliphatic carbocycles. The summed E-state index contributed by atoms with van der Waals surface area (Å²) in [4.78, 5) is 38.3. The quantitative estimate of drug-likeness (QED) is 0.0261. The largest absolute Gasteiger partial charge is 0.462 e. The van der Waals surface area contributed by atoms with Crippen molar-refractivity contribution in [2.45, 2.75) is 367 Å². The minimum Gasteiger partial charge on any atom is -0.462 e. The third-order valence-electron chi connectivity index (χ3n) is 15.1. The zero-order valence-corrected chi connectivity index (χ0v) is 51.0. The first kappa shape index (κ1) is 73.4. The topological polar surface area (TPSA) is 78.9 Å². The van der Waals surface area contributed by atoms with Crippen LogP contribution in [0.1, 0.15) is 361 Å². The predicted octanol–water partition coefficient (Wildman–Crippen LogP) is 22.9. The van der Waals surface area contributed by atoms with Gasteiger partial charge in [0.05, 0.1) is 0 Å². The Labute approximate surface area is 473 Å². The average Bonchev–Trinajstić information content (AvgIpc) is 3.42. The lowest BCUT2D eigenvalue weighted by Crippen LogP contribution is -2.30. The molecule has 1 unspecified atom stereocenters. The molecule has 0 fully saturated rings. The Morgan fingerprint density at radius 1 is 0.276 bits per heavy atom. The van der Waals surface area contributed by atoms with E-state index in [1.54, 1.807) is 0 Å². The number of unbranched alkanes of at least 4 members (excludes halogenated alkanes) is 43. The lowest BCUT2D eigenvalue weighted by atomic mass is 10.0. The van der Waals surface area contributed by atoms with Crippen LogP contribution < -0.4 is 0 Å². The first-order valence-electron chi connectivity index (χ1n) is 33.6. The van der Waals surface area contributed by atoms with Gasteiger partial charge in [-0.05, 0) is 77.0 Å². The van der Waals surface area contributed by atoms with Gasteiger partial charge < -0.3 is 14.2 Å². The van der Waals surface area contributed by atoms with E-state index >= 15 is 0 Å². The number of carbonyl (C=O) groups is 3. The molecule has 0 bridgehead atoms. The van der Waals surface area contributed by atoms with Gasteiger partial charge in [0.15, 0.2) is 6.10 Å². The van der Waals surface area contributed by atoms with Crippen molar-refractivity contribution in [3.8, 4) is 0 Å². The number of carbonyl (C=O) groups excluding carboxylic acids is 3. The number of rotatable bonds is 62. The van der Waals surface area contributed by atoms with E-state index in [4.69, 9.17) is 14.2 Å².